The molecule has 1 heterocycles. The Bertz CT molecular complexity index is 754. The van der Waals surface area contributed by atoms with Crippen molar-refractivity contribution < 1.29 is 76.5 Å². The van der Waals surface area contributed by atoms with Crippen LogP contribution in [-0.2, 0) is 14.3 Å². The van der Waals surface area contributed by atoms with Gasteiger partial charge in [-0.25, -0.2) is 0 Å². The maximum atomic E-state index is 14.7. The molecule has 0 aromatic rings. The standard InChI is InChI=1S/C15H15F13O4/c1-5-7(2,3)6(29)31-12(15(26,27)28)11(18,19)9(30,14(23,24)25)10(16,17)8(4,32-12)13(20,21)22/h30H,5H2,1-4H3. The SMILES string of the molecule is CCC(C)(C)C(=O)OC1(C(F)(F)F)OC(C)(C(F)(F)F)C(F)(F)C(O)(C(F)(F)F)C1(F)F. The van der Waals surface area contributed by atoms with Crippen LogP contribution in [0.5, 0.6) is 0 Å². The van der Waals surface area contributed by atoms with Crippen LogP contribution in [0.15, 0.2) is 0 Å². The Balaban J connectivity index is 4.22. The molecule has 3 unspecified atom stereocenters. The number of halogens is 13. The lowest BCUT2D eigenvalue weighted by molar-refractivity contribution is -0.576. The summed E-state index contributed by atoms with van der Waals surface area (Å²) in [5.74, 6) is -23.7. The van der Waals surface area contributed by atoms with Gasteiger partial charge in [0, 0.05) is 0 Å². The minimum absolute atomic E-state index is 0.554. The van der Waals surface area contributed by atoms with Crippen LogP contribution in [0.2, 0.25) is 0 Å². The molecule has 190 valence electrons. The highest BCUT2D eigenvalue weighted by Gasteiger charge is 3.01. The molecule has 0 saturated carbocycles. The Morgan fingerprint density at radius 2 is 1.25 bits per heavy atom. The zero-order valence-corrected chi connectivity index (χ0v) is 16.3. The molecule has 1 rings (SSSR count). The lowest BCUT2D eigenvalue weighted by Gasteiger charge is -2.59. The first-order chi connectivity index (χ1) is 13.6. The number of carbonyl (C=O) groups excluding carboxylic acids is 1. The molecule has 0 radical (unpaired) electrons. The quantitative estimate of drug-likeness (QED) is 0.426. The zero-order valence-electron chi connectivity index (χ0n) is 16.3. The number of hydrogen-bond donors (Lipinski definition) is 1. The largest absolute Gasteiger partial charge is 0.462 e. The van der Waals surface area contributed by atoms with E-state index in [2.05, 4.69) is 9.47 Å². The molecule has 1 aliphatic rings. The molecule has 4 nitrogen and oxygen atoms in total. The highest BCUT2D eigenvalue weighted by atomic mass is 19.4. The molecule has 32 heavy (non-hydrogen) atoms. The van der Waals surface area contributed by atoms with E-state index < -0.39 is 72.1 Å². The van der Waals surface area contributed by atoms with Gasteiger partial charge in [-0.1, -0.05) is 6.92 Å². The summed E-state index contributed by atoms with van der Waals surface area (Å²) in [5.41, 5.74) is -15.7. The lowest BCUT2D eigenvalue weighted by atomic mass is 9.71. The zero-order chi connectivity index (χ0) is 26.2. The molecule has 0 aromatic carbocycles. The molecule has 0 spiro atoms. The van der Waals surface area contributed by atoms with Gasteiger partial charge in [-0.3, -0.25) is 4.79 Å². The number of rotatable bonds is 3. The first kappa shape index (κ1) is 28.5. The normalized spacial score (nSPS) is 33.7. The summed E-state index contributed by atoms with van der Waals surface area (Å²) in [6.07, 6.45) is -22.2. The van der Waals surface area contributed by atoms with Gasteiger partial charge in [0.15, 0.2) is 0 Å². The predicted octanol–water partition coefficient (Wildman–Crippen LogP) is 5.14. The molecule has 0 bridgehead atoms. The number of ether oxygens (including phenoxy) is 2. The molecule has 1 aliphatic heterocycles. The molecule has 1 N–H and O–H groups in total. The summed E-state index contributed by atoms with van der Waals surface area (Å²) in [6, 6.07) is 0. The van der Waals surface area contributed by atoms with Crippen molar-refractivity contribution in [2.45, 2.75) is 81.5 Å². The highest BCUT2D eigenvalue weighted by molar-refractivity contribution is 5.76. The number of carbonyl (C=O) groups is 1. The van der Waals surface area contributed by atoms with Gasteiger partial charge in [0.05, 0.1) is 5.41 Å². The Morgan fingerprint density at radius 3 is 1.53 bits per heavy atom. The van der Waals surface area contributed by atoms with Gasteiger partial charge in [-0.15, -0.1) is 0 Å². The third kappa shape index (κ3) is 3.24. The summed E-state index contributed by atoms with van der Waals surface area (Å²) in [5, 5.41) is 9.34. The number of esters is 1. The molecule has 3 atom stereocenters. The summed E-state index contributed by atoms with van der Waals surface area (Å²) in [6.45, 7) is 1.32. The summed E-state index contributed by atoms with van der Waals surface area (Å²) < 4.78 is 185. The first-order valence-corrected chi connectivity index (χ1v) is 8.26. The van der Waals surface area contributed by atoms with E-state index in [0.717, 1.165) is 6.92 Å². The second-order valence-electron chi connectivity index (χ2n) is 7.73. The van der Waals surface area contributed by atoms with Crippen LogP contribution in [0.25, 0.3) is 0 Å². The van der Waals surface area contributed by atoms with Crippen LogP contribution in [0.4, 0.5) is 57.1 Å². The second kappa shape index (κ2) is 6.99. The van der Waals surface area contributed by atoms with Crippen LogP contribution < -0.4 is 0 Å². The van der Waals surface area contributed by atoms with Gasteiger partial charge in [0.2, 0.25) is 5.60 Å². The van der Waals surface area contributed by atoms with Crippen molar-refractivity contribution in [2.24, 2.45) is 5.41 Å². The van der Waals surface area contributed by atoms with Crippen molar-refractivity contribution in [3.63, 3.8) is 0 Å². The van der Waals surface area contributed by atoms with Crippen molar-refractivity contribution >= 4 is 5.97 Å². The number of hydrogen-bond acceptors (Lipinski definition) is 4. The Kier molecular flexibility index (Phi) is 6.23. The van der Waals surface area contributed by atoms with Gasteiger partial charge >= 0.3 is 42.1 Å². The molecular formula is C15H15F13O4. The van der Waals surface area contributed by atoms with Crippen molar-refractivity contribution in [3.8, 4) is 0 Å². The molecular weight excluding hydrogens is 491 g/mol. The molecule has 1 saturated heterocycles. The smallest absolute Gasteiger partial charge is 0.417 e. The first-order valence-electron chi connectivity index (χ1n) is 8.26. The van der Waals surface area contributed by atoms with Crippen LogP contribution in [0, 0.1) is 5.41 Å². The third-order valence-electron chi connectivity index (χ3n) is 5.27. The minimum atomic E-state index is -7.53. The monoisotopic (exact) mass is 506 g/mol. The van der Waals surface area contributed by atoms with E-state index in [1.54, 1.807) is 0 Å². The molecule has 0 amide bonds. The maximum Gasteiger partial charge on any atom is 0.462 e. The second-order valence-corrected chi connectivity index (χ2v) is 7.73. The molecule has 1 fully saturated rings. The average Bonchev–Trinajstić information content (AvgIpc) is 2.55. The fourth-order valence-electron chi connectivity index (χ4n) is 2.58. The third-order valence-corrected chi connectivity index (χ3v) is 5.27. The Hall–Kier alpha value is -1.52. The van der Waals surface area contributed by atoms with E-state index in [-0.39, 0.29) is 0 Å². The van der Waals surface area contributed by atoms with Crippen LogP contribution >= 0.6 is 0 Å². The summed E-state index contributed by atoms with van der Waals surface area (Å²) in [4.78, 5) is 12.0. The van der Waals surface area contributed by atoms with Crippen molar-refractivity contribution in [2.75, 3.05) is 0 Å². The van der Waals surface area contributed by atoms with E-state index in [1.165, 1.54) is 0 Å². The summed E-state index contributed by atoms with van der Waals surface area (Å²) >= 11 is 0. The fourth-order valence-corrected chi connectivity index (χ4v) is 2.58. The average molecular weight is 506 g/mol. The predicted molar refractivity (Wildman–Crippen MR) is 75.4 cm³/mol. The molecule has 0 aliphatic carbocycles. The Labute approximate surface area is 170 Å². The topological polar surface area (TPSA) is 55.8 Å². The van der Waals surface area contributed by atoms with Gasteiger partial charge in [0.25, 0.3) is 5.60 Å². The fraction of sp³-hybridized carbons (Fsp3) is 0.933. The van der Waals surface area contributed by atoms with Gasteiger partial charge < -0.3 is 14.6 Å². The van der Waals surface area contributed by atoms with E-state index in [9.17, 15) is 67.0 Å². The van der Waals surface area contributed by atoms with Crippen LogP contribution in [0.3, 0.4) is 0 Å². The van der Waals surface area contributed by atoms with Crippen molar-refractivity contribution in [3.05, 3.63) is 0 Å². The summed E-state index contributed by atoms with van der Waals surface area (Å²) in [7, 11) is 0. The molecule has 17 heteroatoms. The minimum Gasteiger partial charge on any atom is -0.417 e. The number of aliphatic hydroxyl groups is 1. The van der Waals surface area contributed by atoms with E-state index in [4.69, 9.17) is 0 Å². The molecule has 0 aromatic heterocycles. The lowest BCUT2D eigenvalue weighted by Crippen LogP contribution is -2.90. The van der Waals surface area contributed by atoms with Gasteiger partial charge in [-0.05, 0) is 27.2 Å². The van der Waals surface area contributed by atoms with Gasteiger partial charge in [-0.2, -0.15) is 57.1 Å². The maximum absolute atomic E-state index is 14.7. The van der Waals surface area contributed by atoms with Crippen LogP contribution in [-0.4, -0.2) is 58.4 Å². The van der Waals surface area contributed by atoms with Crippen molar-refractivity contribution in [1.29, 1.82) is 0 Å². The highest BCUT2D eigenvalue weighted by Crippen LogP contribution is 2.69. The van der Waals surface area contributed by atoms with E-state index in [0.29, 0.717) is 13.8 Å². The van der Waals surface area contributed by atoms with Crippen molar-refractivity contribution in [1.82, 2.24) is 0 Å². The Morgan fingerprint density at radius 1 is 0.844 bits per heavy atom. The van der Waals surface area contributed by atoms with Crippen LogP contribution in [0.1, 0.15) is 34.1 Å². The van der Waals surface area contributed by atoms with E-state index >= 15 is 0 Å². The number of alkyl halides is 13. The van der Waals surface area contributed by atoms with Gasteiger partial charge in [0.1, 0.15) is 0 Å². The van der Waals surface area contributed by atoms with E-state index in [1.807, 2.05) is 0 Å².